The lowest BCUT2D eigenvalue weighted by Crippen LogP contribution is -2.51. The minimum absolute atomic E-state index is 0.216. The third-order valence-electron chi connectivity index (χ3n) is 5.77. The second-order valence-corrected chi connectivity index (χ2v) is 7.60. The fourth-order valence-corrected chi connectivity index (χ4v) is 4.17. The number of para-hydroxylation sites is 1. The van der Waals surface area contributed by atoms with Crippen LogP contribution in [0.4, 0.5) is 17.5 Å². The quantitative estimate of drug-likeness (QED) is 0.848. The number of nitrogens with zero attached hydrogens (tertiary/aromatic N) is 4. The van der Waals surface area contributed by atoms with Crippen LogP contribution in [0.3, 0.4) is 0 Å². The Balaban J connectivity index is 1.37. The lowest BCUT2D eigenvalue weighted by molar-refractivity contribution is 0.102. The maximum absolute atomic E-state index is 12.4. The number of carbonyl (C=O) groups excluding carboxylic acids is 1. The van der Waals surface area contributed by atoms with Gasteiger partial charge in [0.25, 0.3) is 5.91 Å². The third-order valence-corrected chi connectivity index (χ3v) is 5.77. The first kappa shape index (κ1) is 18.7. The summed E-state index contributed by atoms with van der Waals surface area (Å²) in [6, 6.07) is 10.0. The van der Waals surface area contributed by atoms with Crippen molar-refractivity contribution in [1.82, 2.24) is 14.9 Å². The molecule has 7 heteroatoms. The van der Waals surface area contributed by atoms with Gasteiger partial charge in [0.1, 0.15) is 11.4 Å². The van der Waals surface area contributed by atoms with E-state index in [1.54, 1.807) is 0 Å². The monoisotopic (exact) mass is 380 g/mol. The van der Waals surface area contributed by atoms with Crippen molar-refractivity contribution < 1.29 is 4.79 Å². The first-order valence-electron chi connectivity index (χ1n) is 10.2. The maximum Gasteiger partial charge on any atom is 0.260 e. The van der Waals surface area contributed by atoms with Crippen molar-refractivity contribution in [2.75, 3.05) is 42.1 Å². The van der Waals surface area contributed by atoms with E-state index in [0.29, 0.717) is 11.5 Å². The van der Waals surface area contributed by atoms with Gasteiger partial charge >= 0.3 is 0 Å². The highest BCUT2D eigenvalue weighted by Crippen LogP contribution is 2.24. The molecule has 0 atom stereocenters. The molecule has 0 bridgehead atoms. The average Bonchev–Trinajstić information content (AvgIpc) is 2.75. The van der Waals surface area contributed by atoms with Gasteiger partial charge in [0.2, 0.25) is 5.95 Å². The number of amides is 1. The van der Waals surface area contributed by atoms with Crippen LogP contribution in [0.2, 0.25) is 0 Å². The van der Waals surface area contributed by atoms with Crippen LogP contribution in [0.15, 0.2) is 36.5 Å². The topological polar surface area (TPSA) is 87.4 Å². The highest BCUT2D eigenvalue weighted by atomic mass is 16.1. The van der Waals surface area contributed by atoms with Crippen LogP contribution >= 0.6 is 0 Å². The molecule has 2 aromatic rings. The summed E-state index contributed by atoms with van der Waals surface area (Å²) < 4.78 is 0. The van der Waals surface area contributed by atoms with E-state index in [2.05, 4.69) is 25.1 Å². The van der Waals surface area contributed by atoms with E-state index in [-0.39, 0.29) is 11.7 Å². The zero-order valence-electron chi connectivity index (χ0n) is 16.2. The van der Waals surface area contributed by atoms with Gasteiger partial charge in [0.15, 0.2) is 0 Å². The fourth-order valence-electron chi connectivity index (χ4n) is 4.17. The number of anilines is 3. The van der Waals surface area contributed by atoms with Crippen molar-refractivity contribution >= 4 is 23.4 Å². The highest BCUT2D eigenvalue weighted by Gasteiger charge is 2.26. The van der Waals surface area contributed by atoms with Gasteiger partial charge in [0, 0.05) is 44.1 Å². The van der Waals surface area contributed by atoms with Gasteiger partial charge in [-0.3, -0.25) is 9.69 Å². The molecule has 2 heterocycles. The van der Waals surface area contributed by atoms with Gasteiger partial charge in [-0.1, -0.05) is 37.5 Å². The molecule has 1 aromatic carbocycles. The molecule has 2 aliphatic rings. The molecule has 1 amide bonds. The number of nitrogens with two attached hydrogens (primary N) is 1. The van der Waals surface area contributed by atoms with Crippen LogP contribution in [-0.4, -0.2) is 53.0 Å². The first-order valence-corrected chi connectivity index (χ1v) is 10.2. The summed E-state index contributed by atoms with van der Waals surface area (Å²) in [4.78, 5) is 26.1. The summed E-state index contributed by atoms with van der Waals surface area (Å²) in [5, 5.41) is 2.82. The SMILES string of the molecule is Nc1nc(N2CCN(C3CCCCC3)CC2)ncc1C(=O)Nc1ccccc1. The summed E-state index contributed by atoms with van der Waals surface area (Å²) in [6.45, 7) is 3.85. The standard InChI is InChI=1S/C21H28N6O/c22-19-18(20(28)24-16-7-3-1-4-8-16)15-23-21(25-19)27-13-11-26(12-14-27)17-9-5-2-6-10-17/h1,3-4,7-8,15,17H,2,5-6,9-14H2,(H,24,28)(H2,22,23,25). The Bertz CT molecular complexity index is 798. The third kappa shape index (κ3) is 4.25. The zero-order valence-corrected chi connectivity index (χ0v) is 16.2. The molecule has 7 nitrogen and oxygen atoms in total. The smallest absolute Gasteiger partial charge is 0.260 e. The van der Waals surface area contributed by atoms with Crippen molar-refractivity contribution in [1.29, 1.82) is 0 Å². The molecule has 0 spiro atoms. The number of hydrogen-bond acceptors (Lipinski definition) is 6. The Morgan fingerprint density at radius 3 is 2.43 bits per heavy atom. The lowest BCUT2D eigenvalue weighted by Gasteiger charge is -2.40. The Morgan fingerprint density at radius 2 is 1.75 bits per heavy atom. The molecule has 1 aliphatic heterocycles. The molecule has 1 aromatic heterocycles. The number of rotatable bonds is 4. The molecule has 1 saturated heterocycles. The number of nitrogens with one attached hydrogen (secondary N) is 1. The average molecular weight is 380 g/mol. The van der Waals surface area contributed by atoms with Gasteiger partial charge in [-0.25, -0.2) is 4.98 Å². The Hall–Kier alpha value is -2.67. The number of nitrogen functional groups attached to an aromatic ring is 1. The van der Waals surface area contributed by atoms with E-state index in [1.807, 2.05) is 30.3 Å². The molecule has 0 unspecified atom stereocenters. The van der Waals surface area contributed by atoms with E-state index in [0.717, 1.165) is 37.9 Å². The molecule has 28 heavy (non-hydrogen) atoms. The predicted octanol–water partition coefficient (Wildman–Crippen LogP) is 2.77. The van der Waals surface area contributed by atoms with Gasteiger partial charge < -0.3 is 16.0 Å². The summed E-state index contributed by atoms with van der Waals surface area (Å²) in [5.41, 5.74) is 7.09. The Morgan fingerprint density at radius 1 is 1.04 bits per heavy atom. The van der Waals surface area contributed by atoms with E-state index >= 15 is 0 Å². The molecule has 1 aliphatic carbocycles. The second-order valence-electron chi connectivity index (χ2n) is 7.60. The lowest BCUT2D eigenvalue weighted by atomic mass is 9.94. The van der Waals surface area contributed by atoms with Crippen LogP contribution in [-0.2, 0) is 0 Å². The molecule has 0 radical (unpaired) electrons. The number of aromatic nitrogens is 2. The normalized spacial score (nSPS) is 18.8. The molecule has 4 rings (SSSR count). The zero-order chi connectivity index (χ0) is 19.3. The van der Waals surface area contributed by atoms with Crippen LogP contribution in [0.1, 0.15) is 42.5 Å². The van der Waals surface area contributed by atoms with Crippen LogP contribution in [0, 0.1) is 0 Å². The van der Waals surface area contributed by atoms with E-state index in [1.165, 1.54) is 38.3 Å². The Labute approximate surface area is 166 Å². The summed E-state index contributed by atoms with van der Waals surface area (Å²) in [5.74, 6) is 0.530. The van der Waals surface area contributed by atoms with Gasteiger partial charge in [-0.2, -0.15) is 4.98 Å². The summed E-state index contributed by atoms with van der Waals surface area (Å²) >= 11 is 0. The van der Waals surface area contributed by atoms with Gasteiger partial charge in [0.05, 0.1) is 0 Å². The number of carbonyl (C=O) groups is 1. The highest BCUT2D eigenvalue weighted by molar-refractivity contribution is 6.07. The molecule has 3 N–H and O–H groups in total. The van der Waals surface area contributed by atoms with Crippen molar-refractivity contribution in [3.05, 3.63) is 42.1 Å². The predicted molar refractivity (Wildman–Crippen MR) is 111 cm³/mol. The van der Waals surface area contributed by atoms with E-state index in [4.69, 9.17) is 5.73 Å². The number of benzene rings is 1. The van der Waals surface area contributed by atoms with Gasteiger partial charge in [-0.05, 0) is 25.0 Å². The first-order chi connectivity index (χ1) is 13.7. The summed E-state index contributed by atoms with van der Waals surface area (Å²) in [7, 11) is 0. The molecule has 1 saturated carbocycles. The number of piperazine rings is 1. The minimum atomic E-state index is -0.294. The molecule has 148 valence electrons. The van der Waals surface area contributed by atoms with Crippen molar-refractivity contribution in [2.24, 2.45) is 0 Å². The van der Waals surface area contributed by atoms with Crippen molar-refractivity contribution in [3.63, 3.8) is 0 Å². The molecular formula is C21H28N6O. The number of hydrogen-bond donors (Lipinski definition) is 2. The van der Waals surface area contributed by atoms with Gasteiger partial charge in [-0.15, -0.1) is 0 Å². The van der Waals surface area contributed by atoms with E-state index < -0.39 is 0 Å². The van der Waals surface area contributed by atoms with Crippen molar-refractivity contribution in [2.45, 2.75) is 38.1 Å². The minimum Gasteiger partial charge on any atom is -0.383 e. The molecular weight excluding hydrogens is 352 g/mol. The van der Waals surface area contributed by atoms with Crippen LogP contribution in [0.25, 0.3) is 0 Å². The largest absolute Gasteiger partial charge is 0.383 e. The maximum atomic E-state index is 12.4. The fraction of sp³-hybridized carbons (Fsp3) is 0.476. The molecule has 2 fully saturated rings. The summed E-state index contributed by atoms with van der Waals surface area (Å²) in [6.07, 6.45) is 8.29. The van der Waals surface area contributed by atoms with Crippen LogP contribution < -0.4 is 16.0 Å². The van der Waals surface area contributed by atoms with Crippen LogP contribution in [0.5, 0.6) is 0 Å². The van der Waals surface area contributed by atoms with Crippen molar-refractivity contribution in [3.8, 4) is 0 Å². The Kier molecular flexibility index (Phi) is 5.71. The second kappa shape index (κ2) is 8.56. The van der Waals surface area contributed by atoms with E-state index in [9.17, 15) is 4.79 Å².